The third-order valence-corrected chi connectivity index (χ3v) is 5.96. The molecule has 3 fully saturated rings. The van der Waals surface area contributed by atoms with Crippen LogP contribution in [-0.4, -0.2) is 73.9 Å². The van der Waals surface area contributed by atoms with E-state index in [2.05, 4.69) is 11.0 Å². The van der Waals surface area contributed by atoms with Crippen molar-refractivity contribution >= 4 is 5.91 Å². The summed E-state index contributed by atoms with van der Waals surface area (Å²) in [5.74, 6) is 1.07. The van der Waals surface area contributed by atoms with E-state index in [9.17, 15) is 4.79 Å². The molecule has 3 heterocycles. The predicted molar refractivity (Wildman–Crippen MR) is 102 cm³/mol. The first-order valence-electron chi connectivity index (χ1n) is 10.1. The summed E-state index contributed by atoms with van der Waals surface area (Å²) in [6, 6.07) is 8.16. The van der Waals surface area contributed by atoms with Crippen LogP contribution >= 0.6 is 0 Å². The molecule has 0 saturated carbocycles. The minimum atomic E-state index is -0.110. The van der Waals surface area contributed by atoms with Crippen LogP contribution in [0.25, 0.3) is 0 Å². The van der Waals surface area contributed by atoms with Gasteiger partial charge < -0.3 is 19.1 Å². The predicted octanol–water partition coefficient (Wildman–Crippen LogP) is 2.07. The maximum Gasteiger partial charge on any atom is 0.248 e. The molecule has 27 heavy (non-hydrogen) atoms. The first-order chi connectivity index (χ1) is 13.2. The highest BCUT2D eigenvalue weighted by molar-refractivity contribution is 5.77. The fraction of sp³-hybridized carbons (Fsp3) is 0.667. The molecular formula is C21H30N2O4. The molecule has 148 valence electrons. The van der Waals surface area contributed by atoms with Gasteiger partial charge in [0.25, 0.3) is 0 Å². The second-order valence-corrected chi connectivity index (χ2v) is 8.00. The van der Waals surface area contributed by atoms with Gasteiger partial charge in [-0.05, 0) is 25.3 Å². The first-order valence-corrected chi connectivity index (χ1v) is 10.1. The molecular weight excluding hydrogens is 344 g/mol. The van der Waals surface area contributed by atoms with Gasteiger partial charge in [-0.25, -0.2) is 0 Å². The van der Waals surface area contributed by atoms with E-state index in [1.807, 2.05) is 23.1 Å². The van der Waals surface area contributed by atoms with E-state index in [0.29, 0.717) is 6.61 Å². The van der Waals surface area contributed by atoms with Gasteiger partial charge in [0, 0.05) is 51.3 Å². The summed E-state index contributed by atoms with van der Waals surface area (Å²) in [7, 11) is 1.71. The van der Waals surface area contributed by atoms with E-state index in [1.165, 1.54) is 5.56 Å². The van der Waals surface area contributed by atoms with Crippen LogP contribution in [0.3, 0.4) is 0 Å². The zero-order valence-electron chi connectivity index (χ0n) is 16.2. The molecule has 0 N–H and O–H groups in total. The summed E-state index contributed by atoms with van der Waals surface area (Å²) in [5.41, 5.74) is 1.09. The third-order valence-electron chi connectivity index (χ3n) is 5.96. The second-order valence-electron chi connectivity index (χ2n) is 8.00. The van der Waals surface area contributed by atoms with Gasteiger partial charge in [-0.1, -0.05) is 18.2 Å². The van der Waals surface area contributed by atoms with Crippen molar-refractivity contribution in [1.29, 1.82) is 0 Å². The molecule has 4 rings (SSSR count). The van der Waals surface area contributed by atoms with Gasteiger partial charge in [0.05, 0.1) is 18.8 Å². The van der Waals surface area contributed by atoms with Crippen LogP contribution in [-0.2, 0) is 20.8 Å². The van der Waals surface area contributed by atoms with Crippen LogP contribution in [0.5, 0.6) is 5.75 Å². The van der Waals surface area contributed by atoms with E-state index < -0.39 is 0 Å². The van der Waals surface area contributed by atoms with Gasteiger partial charge >= 0.3 is 0 Å². The van der Waals surface area contributed by atoms with E-state index in [4.69, 9.17) is 14.2 Å². The van der Waals surface area contributed by atoms with Crippen molar-refractivity contribution in [2.24, 2.45) is 0 Å². The van der Waals surface area contributed by atoms with Crippen LogP contribution in [0, 0.1) is 0 Å². The van der Waals surface area contributed by atoms with Gasteiger partial charge in [-0.2, -0.15) is 0 Å². The lowest BCUT2D eigenvalue weighted by Crippen LogP contribution is -2.65. The second kappa shape index (κ2) is 8.17. The smallest absolute Gasteiger partial charge is 0.248 e. The zero-order valence-corrected chi connectivity index (χ0v) is 16.2. The Morgan fingerprint density at radius 3 is 2.81 bits per heavy atom. The fourth-order valence-corrected chi connectivity index (χ4v) is 4.55. The number of carbonyl (C=O) groups is 1. The Hall–Kier alpha value is -1.63. The largest absolute Gasteiger partial charge is 0.496 e. The Morgan fingerprint density at radius 2 is 2.04 bits per heavy atom. The number of benzene rings is 1. The number of ether oxygens (including phenoxy) is 3. The van der Waals surface area contributed by atoms with E-state index in [1.54, 1.807) is 7.11 Å². The lowest BCUT2D eigenvalue weighted by atomic mass is 9.84. The van der Waals surface area contributed by atoms with Crippen molar-refractivity contribution in [3.63, 3.8) is 0 Å². The standard InChI is InChI=1S/C21H30N2O4/c1-25-19-7-3-2-6-17(19)13-22-15-21(16-22)12-18(8-11-27-21)26-14-20(24)23-9-4-5-10-23/h2-3,6-7,18H,4-5,8-16H2,1H3. The highest BCUT2D eigenvalue weighted by Gasteiger charge is 2.47. The summed E-state index contributed by atoms with van der Waals surface area (Å²) in [4.78, 5) is 16.5. The van der Waals surface area contributed by atoms with Crippen molar-refractivity contribution in [2.75, 3.05) is 46.5 Å². The average molecular weight is 374 g/mol. The van der Waals surface area contributed by atoms with Gasteiger partial charge in [0.1, 0.15) is 12.4 Å². The first kappa shape index (κ1) is 18.7. The molecule has 1 aromatic rings. The minimum Gasteiger partial charge on any atom is -0.496 e. The van der Waals surface area contributed by atoms with Crippen molar-refractivity contribution in [2.45, 2.75) is 43.9 Å². The van der Waals surface area contributed by atoms with Gasteiger partial charge in [-0.3, -0.25) is 9.69 Å². The van der Waals surface area contributed by atoms with Crippen molar-refractivity contribution in [3.05, 3.63) is 29.8 Å². The molecule has 1 unspecified atom stereocenters. The van der Waals surface area contributed by atoms with E-state index in [-0.39, 0.29) is 24.2 Å². The molecule has 6 heteroatoms. The number of para-hydroxylation sites is 1. The van der Waals surface area contributed by atoms with Crippen molar-refractivity contribution in [3.8, 4) is 5.75 Å². The number of methoxy groups -OCH3 is 1. The highest BCUT2D eigenvalue weighted by atomic mass is 16.5. The quantitative estimate of drug-likeness (QED) is 0.763. The molecule has 3 aliphatic rings. The SMILES string of the molecule is COc1ccccc1CN1CC2(CC(OCC(=O)N3CCCC3)CCO2)C1. The molecule has 3 aliphatic heterocycles. The number of nitrogens with zero attached hydrogens (tertiary/aromatic N) is 2. The van der Waals surface area contributed by atoms with Crippen LogP contribution in [0.1, 0.15) is 31.2 Å². The lowest BCUT2D eigenvalue weighted by molar-refractivity contribution is -0.200. The maximum absolute atomic E-state index is 12.2. The normalized spacial score (nSPS) is 24.8. The Morgan fingerprint density at radius 1 is 1.26 bits per heavy atom. The molecule has 0 bridgehead atoms. The Bertz CT molecular complexity index is 653. The molecule has 1 atom stereocenters. The molecule has 1 amide bonds. The number of hydrogen-bond acceptors (Lipinski definition) is 5. The summed E-state index contributed by atoms with van der Waals surface area (Å²) in [6.45, 7) is 5.39. The van der Waals surface area contributed by atoms with Crippen LogP contribution in [0.4, 0.5) is 0 Å². The van der Waals surface area contributed by atoms with Crippen LogP contribution in [0.2, 0.25) is 0 Å². The summed E-state index contributed by atoms with van der Waals surface area (Å²) < 4.78 is 17.5. The average Bonchev–Trinajstić information content (AvgIpc) is 3.20. The van der Waals surface area contributed by atoms with Crippen LogP contribution < -0.4 is 4.74 Å². The molecule has 3 saturated heterocycles. The fourth-order valence-electron chi connectivity index (χ4n) is 4.55. The summed E-state index contributed by atoms with van der Waals surface area (Å²) in [6.07, 6.45) is 4.12. The van der Waals surface area contributed by atoms with Crippen molar-refractivity contribution in [1.82, 2.24) is 9.80 Å². The van der Waals surface area contributed by atoms with Gasteiger partial charge in [-0.15, -0.1) is 0 Å². The topological polar surface area (TPSA) is 51.2 Å². The minimum absolute atomic E-state index is 0.110. The van der Waals surface area contributed by atoms with Crippen molar-refractivity contribution < 1.29 is 19.0 Å². The summed E-state index contributed by atoms with van der Waals surface area (Å²) in [5, 5.41) is 0. The van der Waals surface area contributed by atoms with E-state index in [0.717, 1.165) is 64.2 Å². The molecule has 1 spiro atoms. The Labute approximate surface area is 161 Å². The number of carbonyl (C=O) groups excluding carboxylic acids is 1. The van der Waals surface area contributed by atoms with Gasteiger partial charge in [0.15, 0.2) is 0 Å². The van der Waals surface area contributed by atoms with Gasteiger partial charge in [0.2, 0.25) is 5.91 Å². The number of amides is 1. The molecule has 0 radical (unpaired) electrons. The molecule has 0 aromatic heterocycles. The third kappa shape index (κ3) is 4.28. The Kier molecular flexibility index (Phi) is 5.66. The zero-order chi connectivity index (χ0) is 18.7. The monoisotopic (exact) mass is 374 g/mol. The number of likely N-dealkylation sites (tertiary alicyclic amines) is 2. The molecule has 1 aromatic carbocycles. The Balaban J connectivity index is 1.25. The highest BCUT2D eigenvalue weighted by Crippen LogP contribution is 2.36. The maximum atomic E-state index is 12.2. The molecule has 6 nitrogen and oxygen atoms in total. The van der Waals surface area contributed by atoms with Crippen LogP contribution in [0.15, 0.2) is 24.3 Å². The summed E-state index contributed by atoms with van der Waals surface area (Å²) >= 11 is 0. The lowest BCUT2D eigenvalue weighted by Gasteiger charge is -2.53. The number of rotatable bonds is 6. The van der Waals surface area contributed by atoms with E-state index >= 15 is 0 Å². The molecule has 0 aliphatic carbocycles. The number of hydrogen-bond donors (Lipinski definition) is 0.